The van der Waals surface area contributed by atoms with Crippen molar-refractivity contribution >= 4 is 23.8 Å². The summed E-state index contributed by atoms with van der Waals surface area (Å²) >= 11 is 11.5. The van der Waals surface area contributed by atoms with Gasteiger partial charge in [-0.05, 0) is 36.0 Å². The van der Waals surface area contributed by atoms with Crippen LogP contribution < -0.4 is 0 Å². The van der Waals surface area contributed by atoms with Crippen LogP contribution in [0.1, 0.15) is 17.2 Å². The van der Waals surface area contributed by atoms with E-state index in [9.17, 15) is 4.39 Å². The van der Waals surface area contributed by atoms with Crippen LogP contribution in [0, 0.1) is 10.6 Å². The predicted octanol–water partition coefficient (Wildman–Crippen LogP) is 4.40. The molecule has 4 nitrogen and oxygen atoms in total. The van der Waals surface area contributed by atoms with Gasteiger partial charge >= 0.3 is 0 Å². The molecule has 0 spiro atoms. The van der Waals surface area contributed by atoms with Crippen LogP contribution in [0.25, 0.3) is 0 Å². The van der Waals surface area contributed by atoms with Crippen LogP contribution in [-0.4, -0.2) is 14.8 Å². The van der Waals surface area contributed by atoms with E-state index in [1.807, 2.05) is 24.3 Å². The van der Waals surface area contributed by atoms with Gasteiger partial charge in [-0.15, -0.1) is 0 Å². The molecule has 2 heterocycles. The Kier molecular flexibility index (Phi) is 3.75. The zero-order valence-electron chi connectivity index (χ0n) is 12.4. The molecule has 2 atom stereocenters. The number of hydrogen-bond acceptors (Lipinski definition) is 3. The fraction of sp³-hybridized carbons (Fsp3) is 0.176. The first kappa shape index (κ1) is 15.5. The highest BCUT2D eigenvalue weighted by atomic mass is 35.5. The topological polar surface area (TPSA) is 46.1 Å². The third-order valence-electron chi connectivity index (χ3n) is 4.23. The van der Waals surface area contributed by atoms with Gasteiger partial charge in [-0.2, -0.15) is 0 Å². The molecule has 1 N–H and O–H groups in total. The van der Waals surface area contributed by atoms with Crippen molar-refractivity contribution in [2.24, 2.45) is 0 Å². The third kappa shape index (κ3) is 2.56. The first-order valence-corrected chi connectivity index (χ1v) is 8.17. The summed E-state index contributed by atoms with van der Waals surface area (Å²) in [5.74, 6) is -0.290. The van der Waals surface area contributed by atoms with Crippen LogP contribution in [0.5, 0.6) is 0 Å². The van der Waals surface area contributed by atoms with Crippen molar-refractivity contribution in [3.05, 3.63) is 81.6 Å². The highest BCUT2D eigenvalue weighted by molar-refractivity contribution is 7.71. The van der Waals surface area contributed by atoms with Crippen molar-refractivity contribution in [1.29, 1.82) is 0 Å². The number of rotatable bonds is 4. The number of aromatic nitrogens is 3. The average molecular weight is 362 g/mol. The molecule has 3 aromatic rings. The van der Waals surface area contributed by atoms with Gasteiger partial charge in [0.2, 0.25) is 4.77 Å². The van der Waals surface area contributed by atoms with E-state index in [1.165, 1.54) is 18.5 Å². The molecule has 7 heteroatoms. The minimum absolute atomic E-state index is 0.234. The van der Waals surface area contributed by atoms with Crippen molar-refractivity contribution in [1.82, 2.24) is 14.8 Å². The molecule has 1 aliphatic rings. The van der Waals surface area contributed by atoms with Crippen LogP contribution in [0.2, 0.25) is 5.02 Å². The Morgan fingerprint density at radius 2 is 2.00 bits per heavy atom. The maximum Gasteiger partial charge on any atom is 0.215 e. The molecule has 24 heavy (non-hydrogen) atoms. The van der Waals surface area contributed by atoms with Gasteiger partial charge in [-0.25, -0.2) is 9.37 Å². The van der Waals surface area contributed by atoms with Gasteiger partial charge in [0.1, 0.15) is 23.8 Å². The Morgan fingerprint density at radius 3 is 2.67 bits per heavy atom. The quantitative estimate of drug-likeness (QED) is 0.553. The number of aromatic amines is 1. The van der Waals surface area contributed by atoms with Gasteiger partial charge in [0.05, 0.1) is 6.54 Å². The highest BCUT2D eigenvalue weighted by Crippen LogP contribution is 2.59. The zero-order valence-corrected chi connectivity index (χ0v) is 14.0. The standard InChI is InChI=1S/C17H13ClFN3OS/c18-14-4-2-1-3-13(14)15-17(23-15,9-22-16(24)20-10-21-22)11-5-7-12(19)8-6-11/h1-8,10,15H,9H2,(H,20,21,24)/t15-,17-/m0/s1. The molecule has 0 saturated carbocycles. The molecule has 1 aliphatic heterocycles. The van der Waals surface area contributed by atoms with E-state index in [1.54, 1.807) is 16.8 Å². The summed E-state index contributed by atoms with van der Waals surface area (Å²) < 4.78 is 21.6. The monoisotopic (exact) mass is 361 g/mol. The second-order valence-electron chi connectivity index (χ2n) is 5.67. The van der Waals surface area contributed by atoms with Crippen molar-refractivity contribution < 1.29 is 9.13 Å². The van der Waals surface area contributed by atoms with Crippen molar-refractivity contribution in [3.63, 3.8) is 0 Å². The number of H-pyrrole nitrogens is 1. The highest BCUT2D eigenvalue weighted by Gasteiger charge is 2.59. The molecule has 1 saturated heterocycles. The second kappa shape index (κ2) is 5.81. The molecule has 0 bridgehead atoms. The summed E-state index contributed by atoms with van der Waals surface area (Å²) in [6.07, 6.45) is 1.30. The SMILES string of the molecule is Fc1ccc([C@]2(Cn3[nH]cnc3=S)O[C@H]2c2ccccc2Cl)cc1. The van der Waals surface area contributed by atoms with Gasteiger partial charge in [-0.3, -0.25) is 9.78 Å². The van der Waals surface area contributed by atoms with Gasteiger partial charge < -0.3 is 4.74 Å². The molecule has 0 aliphatic carbocycles. The summed E-state index contributed by atoms with van der Waals surface area (Å²) in [5, 5.41) is 3.62. The van der Waals surface area contributed by atoms with E-state index >= 15 is 0 Å². The Morgan fingerprint density at radius 1 is 1.25 bits per heavy atom. The van der Waals surface area contributed by atoms with Crippen molar-refractivity contribution in [3.8, 4) is 0 Å². The number of nitrogens with one attached hydrogen (secondary N) is 1. The fourth-order valence-corrected chi connectivity index (χ4v) is 3.37. The Balaban J connectivity index is 1.77. The van der Waals surface area contributed by atoms with Gasteiger partial charge in [-0.1, -0.05) is 41.9 Å². The van der Waals surface area contributed by atoms with Crippen LogP contribution in [-0.2, 0) is 16.9 Å². The average Bonchev–Trinajstić information content (AvgIpc) is 3.16. The second-order valence-corrected chi connectivity index (χ2v) is 6.44. The van der Waals surface area contributed by atoms with Crippen LogP contribution in [0.15, 0.2) is 54.9 Å². The largest absolute Gasteiger partial charge is 0.354 e. The molecule has 1 fully saturated rings. The van der Waals surface area contributed by atoms with E-state index in [-0.39, 0.29) is 11.9 Å². The predicted molar refractivity (Wildman–Crippen MR) is 90.8 cm³/mol. The maximum atomic E-state index is 13.3. The molecule has 4 rings (SSSR count). The Hall–Kier alpha value is -2.02. The van der Waals surface area contributed by atoms with Crippen molar-refractivity contribution in [2.75, 3.05) is 0 Å². The third-order valence-corrected chi connectivity index (χ3v) is 4.90. The lowest BCUT2D eigenvalue weighted by Crippen LogP contribution is -2.20. The minimum Gasteiger partial charge on any atom is -0.354 e. The summed E-state index contributed by atoms with van der Waals surface area (Å²) in [6, 6.07) is 13.9. The molecule has 0 amide bonds. The summed E-state index contributed by atoms with van der Waals surface area (Å²) in [4.78, 5) is 4.03. The van der Waals surface area contributed by atoms with Gasteiger partial charge in [0, 0.05) is 10.6 Å². The van der Waals surface area contributed by atoms with Gasteiger partial charge in [0.25, 0.3) is 0 Å². The molecule has 0 unspecified atom stereocenters. The smallest absolute Gasteiger partial charge is 0.215 e. The molecular formula is C17H13ClFN3OS. The number of benzene rings is 2. The fourth-order valence-electron chi connectivity index (χ4n) is 2.97. The lowest BCUT2D eigenvalue weighted by molar-refractivity contribution is 0.261. The molecule has 2 aromatic carbocycles. The Labute approximate surface area is 147 Å². The van der Waals surface area contributed by atoms with E-state index in [4.69, 9.17) is 28.6 Å². The number of ether oxygens (including phenoxy) is 1. The summed E-state index contributed by atoms with van der Waals surface area (Å²) in [5.41, 5.74) is 1.10. The van der Waals surface area contributed by atoms with Crippen molar-refractivity contribution in [2.45, 2.75) is 18.2 Å². The van der Waals surface area contributed by atoms with Gasteiger partial charge in [0.15, 0.2) is 0 Å². The maximum absolute atomic E-state index is 13.3. The summed E-state index contributed by atoms with van der Waals surface area (Å²) in [7, 11) is 0. The lowest BCUT2D eigenvalue weighted by Gasteiger charge is -2.15. The van der Waals surface area contributed by atoms with Crippen LogP contribution in [0.3, 0.4) is 0 Å². The first-order chi connectivity index (χ1) is 11.6. The van der Waals surface area contributed by atoms with Crippen LogP contribution >= 0.6 is 23.8 Å². The van der Waals surface area contributed by atoms with E-state index in [0.717, 1.165) is 11.1 Å². The van der Waals surface area contributed by atoms with Crippen LogP contribution in [0.4, 0.5) is 4.39 Å². The minimum atomic E-state index is -0.663. The molecule has 122 valence electrons. The summed E-state index contributed by atoms with van der Waals surface area (Å²) in [6.45, 7) is 0.438. The number of epoxide rings is 1. The van der Waals surface area contributed by atoms with E-state index in [0.29, 0.717) is 16.3 Å². The molecular weight excluding hydrogens is 349 g/mol. The number of halogens is 2. The Bertz CT molecular complexity index is 939. The number of nitrogens with zero attached hydrogens (tertiary/aromatic N) is 2. The number of hydrogen-bond donors (Lipinski definition) is 1. The first-order valence-electron chi connectivity index (χ1n) is 7.39. The molecule has 1 aromatic heterocycles. The zero-order chi connectivity index (χ0) is 16.7. The van der Waals surface area contributed by atoms with E-state index in [2.05, 4.69) is 10.1 Å². The normalized spacial score (nSPS) is 22.5. The van der Waals surface area contributed by atoms with E-state index < -0.39 is 5.60 Å². The molecule has 0 radical (unpaired) electrons. The lowest BCUT2D eigenvalue weighted by atomic mass is 9.91.